The Labute approximate surface area is 89.6 Å². The molecule has 0 fully saturated rings. The first-order valence-electron chi connectivity index (χ1n) is 5.12. The number of aromatic nitrogens is 1. The van der Waals surface area contributed by atoms with Crippen molar-refractivity contribution < 1.29 is 14.3 Å². The molecular weight excluding hydrogens is 194 g/mol. The number of H-pyrrole nitrogens is 1. The minimum atomic E-state index is -0.316. The summed E-state index contributed by atoms with van der Waals surface area (Å²) in [5.41, 5.74) is 2.44. The third-order valence-electron chi connectivity index (χ3n) is 2.08. The summed E-state index contributed by atoms with van der Waals surface area (Å²) >= 11 is 0. The molecule has 0 atom stereocenters. The zero-order chi connectivity index (χ0) is 11.3. The molecule has 4 nitrogen and oxygen atoms in total. The van der Waals surface area contributed by atoms with Crippen molar-refractivity contribution in [3.8, 4) is 0 Å². The monoisotopic (exact) mass is 211 g/mol. The molecule has 1 aromatic rings. The predicted molar refractivity (Wildman–Crippen MR) is 56.8 cm³/mol. The Hall–Kier alpha value is -1.29. The van der Waals surface area contributed by atoms with Crippen LogP contribution in [0.15, 0.2) is 6.07 Å². The second-order valence-electron chi connectivity index (χ2n) is 3.19. The van der Waals surface area contributed by atoms with Crippen LogP contribution in [0.2, 0.25) is 0 Å². The molecule has 0 spiro atoms. The van der Waals surface area contributed by atoms with Gasteiger partial charge in [0.25, 0.3) is 0 Å². The van der Waals surface area contributed by atoms with Crippen molar-refractivity contribution in [2.24, 2.45) is 0 Å². The molecule has 84 valence electrons. The third kappa shape index (κ3) is 3.09. The molecule has 15 heavy (non-hydrogen) atoms. The Morgan fingerprint density at radius 1 is 1.40 bits per heavy atom. The molecule has 1 aromatic heterocycles. The molecule has 1 heterocycles. The van der Waals surface area contributed by atoms with Gasteiger partial charge in [0.15, 0.2) is 0 Å². The molecule has 0 saturated carbocycles. The van der Waals surface area contributed by atoms with Gasteiger partial charge in [-0.25, -0.2) is 4.79 Å². The number of aryl methyl sites for hydroxylation is 1. The fourth-order valence-corrected chi connectivity index (χ4v) is 1.28. The van der Waals surface area contributed by atoms with E-state index in [-0.39, 0.29) is 5.97 Å². The lowest BCUT2D eigenvalue weighted by Crippen LogP contribution is -2.04. The maximum Gasteiger partial charge on any atom is 0.354 e. The molecule has 0 radical (unpaired) electrons. The third-order valence-corrected chi connectivity index (χ3v) is 2.08. The van der Waals surface area contributed by atoms with Gasteiger partial charge < -0.3 is 14.5 Å². The minimum Gasteiger partial charge on any atom is -0.461 e. The van der Waals surface area contributed by atoms with Gasteiger partial charge in [-0.3, -0.25) is 0 Å². The highest BCUT2D eigenvalue weighted by molar-refractivity contribution is 5.87. The SMILES string of the molecule is CCOCc1cc(C(=O)OCC)[nH]c1C. The van der Waals surface area contributed by atoms with Gasteiger partial charge in [0.1, 0.15) is 5.69 Å². The average molecular weight is 211 g/mol. The minimum absolute atomic E-state index is 0.316. The molecule has 0 amide bonds. The van der Waals surface area contributed by atoms with Gasteiger partial charge in [0, 0.05) is 12.3 Å². The molecule has 0 bridgehead atoms. The smallest absolute Gasteiger partial charge is 0.354 e. The van der Waals surface area contributed by atoms with E-state index in [1.807, 2.05) is 13.8 Å². The predicted octanol–water partition coefficient (Wildman–Crippen LogP) is 2.04. The summed E-state index contributed by atoms with van der Waals surface area (Å²) in [5.74, 6) is -0.316. The van der Waals surface area contributed by atoms with Crippen molar-refractivity contribution >= 4 is 5.97 Å². The van der Waals surface area contributed by atoms with Crippen molar-refractivity contribution in [3.63, 3.8) is 0 Å². The van der Waals surface area contributed by atoms with Crippen LogP contribution < -0.4 is 0 Å². The van der Waals surface area contributed by atoms with E-state index in [1.54, 1.807) is 13.0 Å². The molecule has 0 aliphatic carbocycles. The summed E-state index contributed by atoms with van der Waals surface area (Å²) in [5, 5.41) is 0. The van der Waals surface area contributed by atoms with Gasteiger partial charge in [-0.15, -0.1) is 0 Å². The summed E-state index contributed by atoms with van der Waals surface area (Å²) in [6, 6.07) is 1.78. The molecule has 0 aliphatic heterocycles. The number of nitrogens with one attached hydrogen (secondary N) is 1. The first-order chi connectivity index (χ1) is 7.19. The lowest BCUT2D eigenvalue weighted by Gasteiger charge is -1.98. The van der Waals surface area contributed by atoms with E-state index in [1.165, 1.54) is 0 Å². The molecule has 1 N–H and O–H groups in total. The maximum absolute atomic E-state index is 11.4. The zero-order valence-corrected chi connectivity index (χ0v) is 9.42. The highest BCUT2D eigenvalue weighted by atomic mass is 16.5. The number of esters is 1. The highest BCUT2D eigenvalue weighted by Crippen LogP contribution is 2.12. The highest BCUT2D eigenvalue weighted by Gasteiger charge is 2.11. The number of hydrogen-bond acceptors (Lipinski definition) is 3. The van der Waals surface area contributed by atoms with Crippen molar-refractivity contribution in [2.75, 3.05) is 13.2 Å². The second-order valence-corrected chi connectivity index (χ2v) is 3.19. The molecule has 0 aliphatic rings. The lowest BCUT2D eigenvalue weighted by atomic mass is 10.2. The summed E-state index contributed by atoms with van der Waals surface area (Å²) in [6.07, 6.45) is 0. The van der Waals surface area contributed by atoms with Crippen molar-refractivity contribution in [2.45, 2.75) is 27.4 Å². The van der Waals surface area contributed by atoms with Crippen LogP contribution >= 0.6 is 0 Å². The van der Waals surface area contributed by atoms with Crippen molar-refractivity contribution in [1.29, 1.82) is 0 Å². The normalized spacial score (nSPS) is 10.3. The van der Waals surface area contributed by atoms with E-state index in [2.05, 4.69) is 4.98 Å². The number of hydrogen-bond donors (Lipinski definition) is 1. The molecular formula is C11H17NO3. The van der Waals surface area contributed by atoms with Crippen LogP contribution in [0.1, 0.15) is 35.6 Å². The lowest BCUT2D eigenvalue weighted by molar-refractivity contribution is 0.0520. The molecule has 4 heteroatoms. The van der Waals surface area contributed by atoms with Gasteiger partial charge >= 0.3 is 5.97 Å². The number of rotatable bonds is 5. The number of ether oxygens (including phenoxy) is 2. The topological polar surface area (TPSA) is 51.3 Å². The molecule has 0 saturated heterocycles. The second kappa shape index (κ2) is 5.56. The Kier molecular flexibility index (Phi) is 4.37. The number of carbonyl (C=O) groups is 1. The summed E-state index contributed by atoms with van der Waals surface area (Å²) < 4.78 is 10.2. The van der Waals surface area contributed by atoms with E-state index in [0.717, 1.165) is 11.3 Å². The Bertz CT molecular complexity index is 331. The van der Waals surface area contributed by atoms with Crippen LogP contribution in [-0.4, -0.2) is 24.2 Å². The molecule has 1 rings (SSSR count). The first kappa shape index (κ1) is 11.8. The summed E-state index contributed by atoms with van der Waals surface area (Å²) in [6.45, 7) is 7.22. The Morgan fingerprint density at radius 2 is 2.13 bits per heavy atom. The summed E-state index contributed by atoms with van der Waals surface area (Å²) in [4.78, 5) is 14.4. The average Bonchev–Trinajstić information content (AvgIpc) is 2.57. The zero-order valence-electron chi connectivity index (χ0n) is 9.42. The van der Waals surface area contributed by atoms with Gasteiger partial charge in [0.05, 0.1) is 13.2 Å². The Balaban J connectivity index is 2.71. The van der Waals surface area contributed by atoms with E-state index < -0.39 is 0 Å². The van der Waals surface area contributed by atoms with Gasteiger partial charge in [-0.05, 0) is 32.4 Å². The Morgan fingerprint density at radius 3 is 2.73 bits per heavy atom. The van der Waals surface area contributed by atoms with Crippen LogP contribution in [0.25, 0.3) is 0 Å². The van der Waals surface area contributed by atoms with E-state index in [4.69, 9.17) is 9.47 Å². The van der Waals surface area contributed by atoms with Crippen LogP contribution in [0, 0.1) is 6.92 Å². The van der Waals surface area contributed by atoms with E-state index in [9.17, 15) is 4.79 Å². The van der Waals surface area contributed by atoms with E-state index in [0.29, 0.717) is 25.5 Å². The van der Waals surface area contributed by atoms with Crippen LogP contribution in [-0.2, 0) is 16.1 Å². The largest absolute Gasteiger partial charge is 0.461 e. The standard InChI is InChI=1S/C11H17NO3/c1-4-14-7-9-6-10(12-8(9)3)11(13)15-5-2/h6,12H,4-5,7H2,1-3H3. The van der Waals surface area contributed by atoms with Gasteiger partial charge in [-0.2, -0.15) is 0 Å². The fourth-order valence-electron chi connectivity index (χ4n) is 1.28. The van der Waals surface area contributed by atoms with Gasteiger partial charge in [0.2, 0.25) is 0 Å². The summed E-state index contributed by atoms with van der Waals surface area (Å²) in [7, 11) is 0. The first-order valence-corrected chi connectivity index (χ1v) is 5.12. The fraction of sp³-hybridized carbons (Fsp3) is 0.545. The van der Waals surface area contributed by atoms with Crippen molar-refractivity contribution in [1.82, 2.24) is 4.98 Å². The number of carbonyl (C=O) groups excluding carboxylic acids is 1. The van der Waals surface area contributed by atoms with Crippen LogP contribution in [0.3, 0.4) is 0 Å². The number of aromatic amines is 1. The molecule has 0 unspecified atom stereocenters. The molecule has 0 aromatic carbocycles. The van der Waals surface area contributed by atoms with Crippen LogP contribution in [0.4, 0.5) is 0 Å². The van der Waals surface area contributed by atoms with Gasteiger partial charge in [-0.1, -0.05) is 0 Å². The maximum atomic E-state index is 11.4. The van der Waals surface area contributed by atoms with Crippen LogP contribution in [0.5, 0.6) is 0 Å². The van der Waals surface area contributed by atoms with Crippen molar-refractivity contribution in [3.05, 3.63) is 23.0 Å². The quantitative estimate of drug-likeness (QED) is 0.758. The van der Waals surface area contributed by atoms with E-state index >= 15 is 0 Å².